The highest BCUT2D eigenvalue weighted by Crippen LogP contribution is 2.23. The van der Waals surface area contributed by atoms with Crippen LogP contribution in [0, 0.1) is 11.8 Å². The minimum Gasteiger partial charge on any atom is -0.301 e. The van der Waals surface area contributed by atoms with Crippen molar-refractivity contribution >= 4 is 0 Å². The number of likely N-dealkylation sites (tertiary alicyclic amines) is 1. The van der Waals surface area contributed by atoms with E-state index in [0.717, 1.165) is 23.9 Å². The van der Waals surface area contributed by atoms with E-state index in [-0.39, 0.29) is 0 Å². The molecular formula is C20H38N2. The molecule has 0 aromatic rings. The minimum absolute atomic E-state index is 0.733. The van der Waals surface area contributed by atoms with Crippen LogP contribution in [0.25, 0.3) is 0 Å². The van der Waals surface area contributed by atoms with Crippen molar-refractivity contribution in [3.05, 3.63) is 11.6 Å². The summed E-state index contributed by atoms with van der Waals surface area (Å²) < 4.78 is 0. The van der Waals surface area contributed by atoms with Crippen molar-refractivity contribution in [1.82, 2.24) is 9.80 Å². The molecule has 2 atom stereocenters. The molecule has 2 aliphatic rings. The molecule has 0 aromatic carbocycles. The van der Waals surface area contributed by atoms with Gasteiger partial charge < -0.3 is 4.90 Å². The highest BCUT2D eigenvalue weighted by molar-refractivity contribution is 5.09. The van der Waals surface area contributed by atoms with Crippen LogP contribution in [0.4, 0.5) is 0 Å². The summed E-state index contributed by atoms with van der Waals surface area (Å²) in [5.74, 6) is 1.68. The van der Waals surface area contributed by atoms with Gasteiger partial charge in [0.15, 0.2) is 0 Å². The molecule has 22 heavy (non-hydrogen) atoms. The van der Waals surface area contributed by atoms with E-state index in [1.807, 2.05) is 0 Å². The second-order valence-corrected chi connectivity index (χ2v) is 8.17. The summed E-state index contributed by atoms with van der Waals surface area (Å²) in [6.07, 6.45) is 9.26. The Morgan fingerprint density at radius 1 is 0.955 bits per heavy atom. The highest BCUT2D eigenvalue weighted by atomic mass is 15.2. The lowest BCUT2D eigenvalue weighted by atomic mass is 9.95. The Kier molecular flexibility index (Phi) is 6.95. The van der Waals surface area contributed by atoms with Crippen LogP contribution < -0.4 is 0 Å². The van der Waals surface area contributed by atoms with Gasteiger partial charge in [-0.3, -0.25) is 4.90 Å². The van der Waals surface area contributed by atoms with E-state index in [4.69, 9.17) is 0 Å². The monoisotopic (exact) mass is 306 g/mol. The maximum atomic E-state index is 2.72. The zero-order valence-corrected chi connectivity index (χ0v) is 15.6. The molecule has 2 heterocycles. The predicted molar refractivity (Wildman–Crippen MR) is 97.2 cm³/mol. The molecule has 2 unspecified atom stereocenters. The highest BCUT2D eigenvalue weighted by Gasteiger charge is 2.22. The smallest absolute Gasteiger partial charge is 0.0168 e. The summed E-state index contributed by atoms with van der Waals surface area (Å²) in [4.78, 5) is 5.40. The summed E-state index contributed by atoms with van der Waals surface area (Å²) in [5, 5.41) is 0. The molecule has 128 valence electrons. The Bertz CT molecular complexity index is 353. The van der Waals surface area contributed by atoms with Gasteiger partial charge in [-0.2, -0.15) is 0 Å². The third kappa shape index (κ3) is 5.09. The first-order valence-corrected chi connectivity index (χ1v) is 9.64. The predicted octanol–water partition coefficient (Wildman–Crippen LogP) is 4.56. The average Bonchev–Trinajstić information content (AvgIpc) is 2.53. The van der Waals surface area contributed by atoms with E-state index >= 15 is 0 Å². The summed E-state index contributed by atoms with van der Waals surface area (Å²) in [5.41, 5.74) is 1.67. The van der Waals surface area contributed by atoms with Crippen LogP contribution in [-0.4, -0.2) is 48.1 Å². The molecule has 0 amide bonds. The molecule has 2 heteroatoms. The fraction of sp³-hybridized carbons (Fsp3) is 0.900. The first kappa shape index (κ1) is 18.0. The van der Waals surface area contributed by atoms with E-state index in [0.29, 0.717) is 0 Å². The van der Waals surface area contributed by atoms with Crippen LogP contribution in [0.1, 0.15) is 66.7 Å². The van der Waals surface area contributed by atoms with E-state index in [1.54, 1.807) is 5.57 Å². The van der Waals surface area contributed by atoms with Crippen molar-refractivity contribution in [2.75, 3.05) is 26.2 Å². The molecule has 1 fully saturated rings. The van der Waals surface area contributed by atoms with Crippen molar-refractivity contribution in [2.24, 2.45) is 11.8 Å². The minimum atomic E-state index is 0.733. The van der Waals surface area contributed by atoms with Gasteiger partial charge in [0.25, 0.3) is 0 Å². The topological polar surface area (TPSA) is 6.48 Å². The van der Waals surface area contributed by atoms with Gasteiger partial charge >= 0.3 is 0 Å². The average molecular weight is 307 g/mol. The molecule has 0 radical (unpaired) electrons. The lowest BCUT2D eigenvalue weighted by molar-refractivity contribution is 0.128. The summed E-state index contributed by atoms with van der Waals surface area (Å²) in [6, 6.07) is 1.50. The Balaban J connectivity index is 1.70. The van der Waals surface area contributed by atoms with Crippen LogP contribution in [0.15, 0.2) is 11.6 Å². The van der Waals surface area contributed by atoms with Crippen LogP contribution >= 0.6 is 0 Å². The molecule has 2 nitrogen and oxygen atoms in total. The fourth-order valence-electron chi connectivity index (χ4n) is 3.94. The van der Waals surface area contributed by atoms with Crippen LogP contribution in [0.2, 0.25) is 0 Å². The number of piperidine rings is 1. The number of rotatable bonds is 6. The summed E-state index contributed by atoms with van der Waals surface area (Å²) >= 11 is 0. The first-order chi connectivity index (χ1) is 10.5. The summed E-state index contributed by atoms with van der Waals surface area (Å²) in [7, 11) is 0. The lowest BCUT2D eigenvalue weighted by Crippen LogP contribution is -2.41. The van der Waals surface area contributed by atoms with E-state index < -0.39 is 0 Å². The van der Waals surface area contributed by atoms with Gasteiger partial charge in [-0.05, 0) is 70.9 Å². The summed E-state index contributed by atoms with van der Waals surface area (Å²) in [6.45, 7) is 17.0. The number of hydrogen-bond acceptors (Lipinski definition) is 2. The van der Waals surface area contributed by atoms with Crippen molar-refractivity contribution in [3.63, 3.8) is 0 Å². The molecule has 0 bridgehead atoms. The largest absolute Gasteiger partial charge is 0.301 e. The Morgan fingerprint density at radius 2 is 1.55 bits per heavy atom. The second kappa shape index (κ2) is 8.49. The second-order valence-electron chi connectivity index (χ2n) is 8.17. The van der Waals surface area contributed by atoms with Crippen molar-refractivity contribution < 1.29 is 0 Å². The van der Waals surface area contributed by atoms with Crippen LogP contribution in [-0.2, 0) is 0 Å². The SMILES string of the molecule is CC1CCN(C(C)CCC(C)N2CC=C(C(C)C)CC2)CC1. The van der Waals surface area contributed by atoms with Crippen LogP contribution in [0.5, 0.6) is 0 Å². The first-order valence-electron chi connectivity index (χ1n) is 9.64. The Morgan fingerprint density at radius 3 is 2.05 bits per heavy atom. The third-order valence-corrected chi connectivity index (χ3v) is 6.08. The maximum absolute atomic E-state index is 2.72. The van der Waals surface area contributed by atoms with E-state index in [1.165, 1.54) is 58.3 Å². The van der Waals surface area contributed by atoms with Crippen molar-refractivity contribution in [3.8, 4) is 0 Å². The van der Waals surface area contributed by atoms with E-state index in [2.05, 4.69) is 50.5 Å². The number of hydrogen-bond donors (Lipinski definition) is 0. The maximum Gasteiger partial charge on any atom is 0.0168 e. The molecule has 0 spiro atoms. The van der Waals surface area contributed by atoms with Crippen LogP contribution in [0.3, 0.4) is 0 Å². The molecule has 0 saturated carbocycles. The molecule has 0 aromatic heterocycles. The van der Waals surface area contributed by atoms with E-state index in [9.17, 15) is 0 Å². The van der Waals surface area contributed by atoms with Gasteiger partial charge in [0, 0.05) is 25.2 Å². The normalized spacial score (nSPS) is 25.3. The fourth-order valence-corrected chi connectivity index (χ4v) is 3.94. The number of nitrogens with zero attached hydrogens (tertiary/aromatic N) is 2. The molecular weight excluding hydrogens is 268 g/mol. The molecule has 0 N–H and O–H groups in total. The van der Waals surface area contributed by atoms with Gasteiger partial charge in [-0.15, -0.1) is 0 Å². The third-order valence-electron chi connectivity index (χ3n) is 6.08. The lowest BCUT2D eigenvalue weighted by Gasteiger charge is -2.37. The van der Waals surface area contributed by atoms with Crippen molar-refractivity contribution in [2.45, 2.75) is 78.8 Å². The molecule has 2 aliphatic heterocycles. The zero-order chi connectivity index (χ0) is 16.1. The van der Waals surface area contributed by atoms with Gasteiger partial charge in [-0.25, -0.2) is 0 Å². The molecule has 0 aliphatic carbocycles. The standard InChI is InChI=1S/C20H38N2/c1-16(2)20-10-14-22(15-11-20)19(5)7-6-18(4)21-12-8-17(3)9-13-21/h10,16-19H,6-9,11-15H2,1-5H3. The zero-order valence-electron chi connectivity index (χ0n) is 15.6. The molecule has 1 saturated heterocycles. The van der Waals surface area contributed by atoms with Gasteiger partial charge in [0.05, 0.1) is 0 Å². The van der Waals surface area contributed by atoms with Gasteiger partial charge in [0.2, 0.25) is 0 Å². The Hall–Kier alpha value is -0.340. The molecule has 2 rings (SSSR count). The van der Waals surface area contributed by atoms with Gasteiger partial charge in [0.1, 0.15) is 0 Å². The van der Waals surface area contributed by atoms with Gasteiger partial charge in [-0.1, -0.05) is 32.4 Å². The quantitative estimate of drug-likeness (QED) is 0.664. The Labute approximate surface area is 138 Å². The van der Waals surface area contributed by atoms with Crippen molar-refractivity contribution in [1.29, 1.82) is 0 Å².